The molecule has 1 fully saturated rings. The number of hydrogen-bond donors (Lipinski definition) is 1. The smallest absolute Gasteiger partial charge is 0.123 e. The lowest BCUT2D eigenvalue weighted by molar-refractivity contribution is 0.240. The van der Waals surface area contributed by atoms with Crippen LogP contribution in [0.15, 0.2) is 54.6 Å². The molecule has 128 valence electrons. The Labute approximate surface area is 151 Å². The van der Waals surface area contributed by atoms with Gasteiger partial charge in [-0.3, -0.25) is 0 Å². The topological polar surface area (TPSA) is 21.3 Å². The van der Waals surface area contributed by atoms with Crippen LogP contribution in [0.2, 0.25) is 0 Å². The van der Waals surface area contributed by atoms with Crippen molar-refractivity contribution < 1.29 is 9.13 Å². The fraction of sp³-hybridized carbons (Fsp3) is 0.333. The molecule has 2 heterocycles. The molecule has 0 aromatic heterocycles. The molecule has 3 aliphatic rings. The second kappa shape index (κ2) is 6.10. The summed E-state index contributed by atoms with van der Waals surface area (Å²) in [7, 11) is 0. The number of allylic oxidation sites excluding steroid dienone is 2. The van der Waals surface area contributed by atoms with Gasteiger partial charge >= 0.3 is 0 Å². The normalized spacial score (nSPS) is 27.2. The molecule has 2 aromatic carbocycles. The summed E-state index contributed by atoms with van der Waals surface area (Å²) in [4.78, 5) is 0. The van der Waals surface area contributed by atoms with Gasteiger partial charge in [0.05, 0.1) is 6.04 Å². The largest absolute Gasteiger partial charge is 0.489 e. The fourth-order valence-corrected chi connectivity index (χ4v) is 4.72. The number of fused-ring (bicyclic) bond motifs is 3. The summed E-state index contributed by atoms with van der Waals surface area (Å²) in [5.74, 6) is 3.66. The minimum absolute atomic E-state index is 0.160. The van der Waals surface area contributed by atoms with E-state index in [0.29, 0.717) is 12.0 Å². The Morgan fingerprint density at radius 1 is 1.12 bits per heavy atom. The third-order valence-electron chi connectivity index (χ3n) is 5.45. The number of benzene rings is 2. The number of hydrogen-bond acceptors (Lipinski definition) is 3. The van der Waals surface area contributed by atoms with Crippen LogP contribution >= 0.6 is 11.8 Å². The highest BCUT2D eigenvalue weighted by molar-refractivity contribution is 8.00. The summed E-state index contributed by atoms with van der Waals surface area (Å²) in [5.41, 5.74) is 3.37. The number of anilines is 1. The van der Waals surface area contributed by atoms with Crippen molar-refractivity contribution in [3.63, 3.8) is 0 Å². The lowest BCUT2D eigenvalue weighted by atomic mass is 9.77. The van der Waals surface area contributed by atoms with E-state index in [1.54, 1.807) is 6.07 Å². The van der Waals surface area contributed by atoms with Crippen LogP contribution < -0.4 is 10.1 Å². The van der Waals surface area contributed by atoms with Crippen LogP contribution in [0.4, 0.5) is 10.1 Å². The first-order valence-electron chi connectivity index (χ1n) is 8.85. The zero-order chi connectivity index (χ0) is 16.8. The molecular formula is C21H20FNOS. The summed E-state index contributed by atoms with van der Waals surface area (Å²) in [5, 5.41) is 3.65. The Kier molecular flexibility index (Phi) is 3.74. The molecule has 2 aliphatic heterocycles. The Morgan fingerprint density at radius 3 is 2.88 bits per heavy atom. The van der Waals surface area contributed by atoms with Crippen LogP contribution in [0, 0.1) is 11.7 Å². The molecule has 3 atom stereocenters. The van der Waals surface area contributed by atoms with Crippen molar-refractivity contribution in [2.45, 2.75) is 24.5 Å². The van der Waals surface area contributed by atoms with Gasteiger partial charge in [0.2, 0.25) is 0 Å². The average Bonchev–Trinajstić information content (AvgIpc) is 3.08. The van der Waals surface area contributed by atoms with E-state index in [4.69, 9.17) is 4.74 Å². The highest BCUT2D eigenvalue weighted by Gasteiger charge is 2.38. The van der Waals surface area contributed by atoms with Gasteiger partial charge in [-0.2, -0.15) is 11.8 Å². The van der Waals surface area contributed by atoms with E-state index in [1.165, 1.54) is 11.6 Å². The Bertz CT molecular complexity index is 832. The zero-order valence-electron chi connectivity index (χ0n) is 13.8. The van der Waals surface area contributed by atoms with Crippen LogP contribution in [0.3, 0.4) is 0 Å². The van der Waals surface area contributed by atoms with E-state index in [0.717, 1.165) is 34.9 Å². The van der Waals surface area contributed by atoms with Gasteiger partial charge in [-0.15, -0.1) is 0 Å². The minimum atomic E-state index is -0.160. The van der Waals surface area contributed by atoms with Gasteiger partial charge in [-0.25, -0.2) is 4.39 Å². The van der Waals surface area contributed by atoms with Crippen molar-refractivity contribution in [3.8, 4) is 5.75 Å². The van der Waals surface area contributed by atoms with Crippen LogP contribution in [-0.4, -0.2) is 17.6 Å². The van der Waals surface area contributed by atoms with E-state index >= 15 is 0 Å². The molecular weight excluding hydrogens is 333 g/mol. The van der Waals surface area contributed by atoms with Gasteiger partial charge in [0, 0.05) is 23.1 Å². The molecule has 25 heavy (non-hydrogen) atoms. The number of nitrogens with one attached hydrogen (secondary N) is 1. The van der Waals surface area contributed by atoms with E-state index in [9.17, 15) is 4.39 Å². The summed E-state index contributed by atoms with van der Waals surface area (Å²) in [6.07, 6.45) is 5.84. The predicted octanol–water partition coefficient (Wildman–Crippen LogP) is 5.15. The van der Waals surface area contributed by atoms with Crippen LogP contribution in [0.5, 0.6) is 5.75 Å². The maximum atomic E-state index is 13.7. The third kappa shape index (κ3) is 2.73. The monoisotopic (exact) mass is 353 g/mol. The average molecular weight is 353 g/mol. The summed E-state index contributed by atoms with van der Waals surface area (Å²) >= 11 is 1.93. The molecule has 0 unspecified atom stereocenters. The van der Waals surface area contributed by atoms with Crippen LogP contribution in [0.25, 0.3) is 0 Å². The zero-order valence-corrected chi connectivity index (χ0v) is 14.6. The second-order valence-electron chi connectivity index (χ2n) is 7.06. The summed E-state index contributed by atoms with van der Waals surface area (Å²) in [6.45, 7) is 0. The maximum absolute atomic E-state index is 13.7. The van der Waals surface area contributed by atoms with Crippen molar-refractivity contribution in [3.05, 3.63) is 71.6 Å². The molecule has 0 bridgehead atoms. The van der Waals surface area contributed by atoms with Gasteiger partial charge < -0.3 is 10.1 Å². The van der Waals surface area contributed by atoms with Crippen molar-refractivity contribution in [1.82, 2.24) is 0 Å². The molecule has 0 saturated carbocycles. The third-order valence-corrected chi connectivity index (χ3v) is 6.67. The fourth-order valence-electron chi connectivity index (χ4n) is 4.15. The second-order valence-corrected chi connectivity index (χ2v) is 8.13. The standard InChI is InChI=1S/C21H20FNOS/c22-14-7-8-20-19(10-14)17-5-2-6-18(17)21(23-20)13-3-1-4-15(9-13)24-16-11-25-12-16/h1-5,7-10,16-18,21,23H,6,11-12H2/t17-,18+,21+/m0/s1. The highest BCUT2D eigenvalue weighted by atomic mass is 32.2. The first kappa shape index (κ1) is 15.3. The van der Waals surface area contributed by atoms with Crippen molar-refractivity contribution in [2.24, 2.45) is 5.92 Å². The number of rotatable bonds is 3. The van der Waals surface area contributed by atoms with Gasteiger partial charge in [0.1, 0.15) is 17.7 Å². The van der Waals surface area contributed by atoms with E-state index in [-0.39, 0.29) is 17.8 Å². The molecule has 4 heteroatoms. The van der Waals surface area contributed by atoms with Gasteiger partial charge in [0.15, 0.2) is 0 Å². The first-order chi connectivity index (χ1) is 12.3. The number of thioether (sulfide) groups is 1. The molecule has 2 nitrogen and oxygen atoms in total. The molecule has 1 aliphatic carbocycles. The van der Waals surface area contributed by atoms with E-state index in [1.807, 2.05) is 23.9 Å². The Morgan fingerprint density at radius 2 is 2.04 bits per heavy atom. The van der Waals surface area contributed by atoms with E-state index < -0.39 is 0 Å². The quantitative estimate of drug-likeness (QED) is 0.772. The number of halogens is 1. The molecule has 0 spiro atoms. The van der Waals surface area contributed by atoms with Gasteiger partial charge in [0.25, 0.3) is 0 Å². The molecule has 0 radical (unpaired) electrons. The SMILES string of the molecule is Fc1ccc2c(c1)[C@H]1C=CC[C@H]1[C@@H](c1cccc(OC3CSC3)c1)N2. The lowest BCUT2D eigenvalue weighted by Crippen LogP contribution is -2.31. The maximum Gasteiger partial charge on any atom is 0.123 e. The molecule has 5 rings (SSSR count). The summed E-state index contributed by atoms with van der Waals surface area (Å²) in [6, 6.07) is 13.8. The van der Waals surface area contributed by atoms with Crippen molar-refractivity contribution >= 4 is 17.4 Å². The van der Waals surface area contributed by atoms with Gasteiger partial charge in [-0.1, -0.05) is 24.3 Å². The van der Waals surface area contributed by atoms with Crippen molar-refractivity contribution in [2.75, 3.05) is 16.8 Å². The molecule has 1 saturated heterocycles. The van der Waals surface area contributed by atoms with Crippen LogP contribution in [-0.2, 0) is 0 Å². The van der Waals surface area contributed by atoms with Gasteiger partial charge in [-0.05, 0) is 53.8 Å². The summed E-state index contributed by atoms with van der Waals surface area (Å²) < 4.78 is 19.8. The highest BCUT2D eigenvalue weighted by Crippen LogP contribution is 2.50. The number of ether oxygens (including phenoxy) is 1. The van der Waals surface area contributed by atoms with Crippen molar-refractivity contribution in [1.29, 1.82) is 0 Å². The minimum Gasteiger partial charge on any atom is -0.489 e. The Balaban J connectivity index is 1.48. The van der Waals surface area contributed by atoms with E-state index in [2.05, 4.69) is 35.7 Å². The van der Waals surface area contributed by atoms with Crippen LogP contribution in [0.1, 0.15) is 29.5 Å². The molecule has 0 amide bonds. The molecule has 1 N–H and O–H groups in total. The predicted molar refractivity (Wildman–Crippen MR) is 101 cm³/mol. The Hall–Kier alpha value is -1.94. The molecule has 2 aromatic rings. The lowest BCUT2D eigenvalue weighted by Gasteiger charge is -2.37. The first-order valence-corrected chi connectivity index (χ1v) is 10.0.